The quantitative estimate of drug-likeness (QED) is 0.439. The number of amides is 2. The number of aliphatic hydroxyl groups is 1. The van der Waals surface area contributed by atoms with Gasteiger partial charge >= 0.3 is 6.09 Å². The number of aromatic nitrogens is 3. The molecule has 0 spiro atoms. The Labute approximate surface area is 225 Å². The Kier molecular flexibility index (Phi) is 7.19. The van der Waals surface area contributed by atoms with E-state index in [-0.39, 0.29) is 31.0 Å². The maximum Gasteiger partial charge on any atom is 0.411 e. The van der Waals surface area contributed by atoms with E-state index in [0.717, 1.165) is 5.56 Å². The lowest BCUT2D eigenvalue weighted by Crippen LogP contribution is -2.41. The molecule has 2 aromatic heterocycles. The zero-order valence-corrected chi connectivity index (χ0v) is 22.3. The van der Waals surface area contributed by atoms with Crippen LogP contribution in [0, 0.1) is 0 Å². The Bertz CT molecular complexity index is 1390. The summed E-state index contributed by atoms with van der Waals surface area (Å²) in [7, 11) is 3.05. The SMILES string of the molecule is COc1cn2ncc3c2nc1OC[C@@H]1C[C@@H](OC)C(=O)N1CCNc1cc(NC(=O)OCC(C)(C)O)cc-3c1. The van der Waals surface area contributed by atoms with E-state index >= 15 is 0 Å². The first-order chi connectivity index (χ1) is 18.6. The number of nitrogens with zero attached hydrogens (tertiary/aromatic N) is 4. The van der Waals surface area contributed by atoms with E-state index < -0.39 is 17.8 Å². The predicted molar refractivity (Wildman–Crippen MR) is 141 cm³/mol. The summed E-state index contributed by atoms with van der Waals surface area (Å²) in [5.41, 5.74) is 1.95. The summed E-state index contributed by atoms with van der Waals surface area (Å²) < 4.78 is 23.8. The van der Waals surface area contributed by atoms with Crippen LogP contribution in [0.15, 0.2) is 30.6 Å². The molecule has 0 unspecified atom stereocenters. The van der Waals surface area contributed by atoms with Crippen molar-refractivity contribution in [2.24, 2.45) is 0 Å². The highest BCUT2D eigenvalue weighted by Gasteiger charge is 2.40. The molecule has 3 aromatic rings. The van der Waals surface area contributed by atoms with Crippen molar-refractivity contribution in [3.63, 3.8) is 0 Å². The van der Waals surface area contributed by atoms with Gasteiger partial charge in [0, 0.05) is 43.6 Å². The van der Waals surface area contributed by atoms with Gasteiger partial charge in [0.15, 0.2) is 11.4 Å². The molecule has 0 saturated carbocycles. The highest BCUT2D eigenvalue weighted by Crippen LogP contribution is 2.34. The van der Waals surface area contributed by atoms with Crippen molar-refractivity contribution in [3.8, 4) is 22.8 Å². The molecule has 2 atom stereocenters. The van der Waals surface area contributed by atoms with E-state index in [1.807, 2.05) is 6.07 Å². The molecule has 13 heteroatoms. The monoisotopic (exact) mass is 540 g/mol. The maximum atomic E-state index is 13.0. The number of carbonyl (C=O) groups excluding carboxylic acids is 2. The van der Waals surface area contributed by atoms with Crippen LogP contribution in [0.4, 0.5) is 16.2 Å². The minimum Gasteiger partial charge on any atom is -0.490 e. The smallest absolute Gasteiger partial charge is 0.411 e. The van der Waals surface area contributed by atoms with Gasteiger partial charge in [0.2, 0.25) is 0 Å². The second kappa shape index (κ2) is 10.6. The van der Waals surface area contributed by atoms with Gasteiger partial charge in [-0.3, -0.25) is 10.1 Å². The minimum absolute atomic E-state index is 0.0980. The van der Waals surface area contributed by atoms with Crippen molar-refractivity contribution in [2.75, 3.05) is 51.2 Å². The number of fused-ring (bicyclic) bond motifs is 5. The number of nitrogens with one attached hydrogen (secondary N) is 2. The molecule has 13 nitrogen and oxygen atoms in total. The number of carbonyl (C=O) groups is 2. The van der Waals surface area contributed by atoms with Crippen molar-refractivity contribution in [3.05, 3.63) is 30.6 Å². The first kappa shape index (κ1) is 26.5. The average Bonchev–Trinajstić information content (AvgIpc) is 3.44. The number of hydrogen-bond donors (Lipinski definition) is 3. The van der Waals surface area contributed by atoms with Crippen molar-refractivity contribution < 1.29 is 33.6 Å². The zero-order valence-electron chi connectivity index (χ0n) is 22.3. The molecular weight excluding hydrogens is 508 g/mol. The molecular formula is C26H32N6O7. The molecule has 4 bridgehead atoms. The summed E-state index contributed by atoms with van der Waals surface area (Å²) in [5, 5.41) is 20.4. The van der Waals surface area contributed by atoms with Gasteiger partial charge in [-0.1, -0.05) is 0 Å². The van der Waals surface area contributed by atoms with Crippen LogP contribution in [0.5, 0.6) is 11.6 Å². The van der Waals surface area contributed by atoms with Crippen LogP contribution < -0.4 is 20.1 Å². The molecule has 1 saturated heterocycles. The van der Waals surface area contributed by atoms with Crippen molar-refractivity contribution in [1.29, 1.82) is 0 Å². The molecule has 4 heterocycles. The molecule has 2 aliphatic heterocycles. The lowest BCUT2D eigenvalue weighted by Gasteiger charge is -2.25. The summed E-state index contributed by atoms with van der Waals surface area (Å²) in [4.78, 5) is 31.9. The van der Waals surface area contributed by atoms with Crippen LogP contribution in [-0.2, 0) is 14.3 Å². The second-order valence-corrected chi connectivity index (χ2v) is 10.1. The van der Waals surface area contributed by atoms with Gasteiger partial charge in [0.25, 0.3) is 11.8 Å². The van der Waals surface area contributed by atoms with E-state index in [2.05, 4.69) is 15.7 Å². The van der Waals surface area contributed by atoms with E-state index in [1.54, 1.807) is 47.8 Å². The fraction of sp³-hybridized carbons (Fsp3) is 0.462. The summed E-state index contributed by atoms with van der Waals surface area (Å²) in [6.45, 7) is 4.01. The largest absolute Gasteiger partial charge is 0.490 e. The molecule has 39 heavy (non-hydrogen) atoms. The van der Waals surface area contributed by atoms with Gasteiger partial charge in [0.1, 0.15) is 19.3 Å². The fourth-order valence-corrected chi connectivity index (χ4v) is 4.66. The summed E-state index contributed by atoms with van der Waals surface area (Å²) in [6.07, 6.45) is 2.60. The number of ether oxygens (including phenoxy) is 4. The molecule has 0 radical (unpaired) electrons. The Balaban J connectivity index is 1.54. The maximum absolute atomic E-state index is 13.0. The van der Waals surface area contributed by atoms with Gasteiger partial charge in [-0.25, -0.2) is 9.31 Å². The van der Waals surface area contributed by atoms with E-state index in [1.165, 1.54) is 14.2 Å². The van der Waals surface area contributed by atoms with Gasteiger partial charge in [-0.2, -0.15) is 10.1 Å². The number of anilines is 2. The van der Waals surface area contributed by atoms with Crippen LogP contribution in [0.1, 0.15) is 20.3 Å². The minimum atomic E-state index is -1.16. The van der Waals surface area contributed by atoms with Gasteiger partial charge in [-0.15, -0.1) is 0 Å². The molecule has 5 rings (SSSR count). The number of hydrogen-bond acceptors (Lipinski definition) is 10. The Morgan fingerprint density at radius 3 is 2.87 bits per heavy atom. The molecule has 2 amide bonds. The number of benzene rings is 1. The van der Waals surface area contributed by atoms with Crippen molar-refractivity contribution in [2.45, 2.75) is 38.0 Å². The van der Waals surface area contributed by atoms with Crippen LogP contribution in [0.2, 0.25) is 0 Å². The fourth-order valence-electron chi connectivity index (χ4n) is 4.66. The van der Waals surface area contributed by atoms with Crippen LogP contribution >= 0.6 is 0 Å². The summed E-state index contributed by atoms with van der Waals surface area (Å²) in [5.74, 6) is 0.578. The molecule has 2 aliphatic rings. The Morgan fingerprint density at radius 2 is 2.13 bits per heavy atom. The third kappa shape index (κ3) is 5.68. The standard InChI is InChI=1S/C26H32N6O7/c1-26(2,35)14-39-25(34)29-17-8-15-7-16(9-17)27-5-6-31-18(10-20(36-3)24(31)33)13-38-23-21(37-4)12-32-22(30-23)19(15)11-28-32/h7-9,11-12,18,20,27,35H,5-6,10,13-14H2,1-4H3,(H,29,34)/t18-,20+/m0/s1. The Morgan fingerprint density at radius 1 is 1.31 bits per heavy atom. The molecule has 208 valence electrons. The summed E-state index contributed by atoms with van der Waals surface area (Å²) >= 11 is 0. The molecule has 1 aromatic carbocycles. The average molecular weight is 541 g/mol. The predicted octanol–water partition coefficient (Wildman–Crippen LogP) is 2.14. The van der Waals surface area contributed by atoms with Crippen LogP contribution in [0.3, 0.4) is 0 Å². The molecule has 0 aliphatic carbocycles. The topological polar surface area (TPSA) is 149 Å². The second-order valence-electron chi connectivity index (χ2n) is 10.1. The third-order valence-electron chi connectivity index (χ3n) is 6.56. The van der Waals surface area contributed by atoms with Gasteiger partial charge in [0.05, 0.1) is 31.1 Å². The highest BCUT2D eigenvalue weighted by atomic mass is 16.6. The third-order valence-corrected chi connectivity index (χ3v) is 6.56. The normalized spacial score (nSPS) is 19.2. The first-order valence-corrected chi connectivity index (χ1v) is 12.6. The van der Waals surface area contributed by atoms with E-state index in [0.29, 0.717) is 47.8 Å². The van der Waals surface area contributed by atoms with Crippen LogP contribution in [-0.4, -0.2) is 94.9 Å². The lowest BCUT2D eigenvalue weighted by molar-refractivity contribution is -0.136. The van der Waals surface area contributed by atoms with Gasteiger partial charge < -0.3 is 34.3 Å². The van der Waals surface area contributed by atoms with Crippen LogP contribution in [0.25, 0.3) is 16.8 Å². The van der Waals surface area contributed by atoms with Gasteiger partial charge in [-0.05, 0) is 37.6 Å². The number of rotatable bonds is 5. The Hall–Kier alpha value is -4.10. The highest BCUT2D eigenvalue weighted by molar-refractivity contribution is 5.89. The first-order valence-electron chi connectivity index (χ1n) is 12.6. The summed E-state index contributed by atoms with van der Waals surface area (Å²) in [6, 6.07) is 5.23. The van der Waals surface area contributed by atoms with Crippen molar-refractivity contribution >= 4 is 29.0 Å². The van der Waals surface area contributed by atoms with E-state index in [9.17, 15) is 14.7 Å². The molecule has 1 fully saturated rings. The lowest BCUT2D eigenvalue weighted by atomic mass is 10.1. The zero-order chi connectivity index (χ0) is 27.7. The number of methoxy groups -OCH3 is 2. The molecule has 3 N–H and O–H groups in total. The van der Waals surface area contributed by atoms with E-state index in [4.69, 9.17) is 23.9 Å². The van der Waals surface area contributed by atoms with Crippen molar-refractivity contribution in [1.82, 2.24) is 19.5 Å².